The minimum atomic E-state index is -0.209. The van der Waals surface area contributed by atoms with Gasteiger partial charge in [-0.2, -0.15) is 9.90 Å². The number of imidazole rings is 1. The van der Waals surface area contributed by atoms with E-state index in [1.54, 1.807) is 6.33 Å². The SMILES string of the molecule is CN1C[C@@H](NC(=O)c2cnn(-c3ccccc3)n2)[C@H](c2cncn2C)C1. The smallest absolute Gasteiger partial charge is 0.273 e. The highest BCUT2D eigenvalue weighted by atomic mass is 16.2. The predicted octanol–water partition coefficient (Wildman–Crippen LogP) is 0.828. The lowest BCUT2D eigenvalue weighted by Crippen LogP contribution is -2.40. The van der Waals surface area contributed by atoms with Crippen molar-refractivity contribution >= 4 is 5.91 Å². The molecule has 8 heteroatoms. The van der Waals surface area contributed by atoms with Gasteiger partial charge in [-0.05, 0) is 19.2 Å². The fourth-order valence-electron chi connectivity index (χ4n) is 3.47. The van der Waals surface area contributed by atoms with Gasteiger partial charge in [-0.15, -0.1) is 5.10 Å². The van der Waals surface area contributed by atoms with Crippen molar-refractivity contribution in [3.8, 4) is 5.69 Å². The molecule has 0 saturated carbocycles. The number of likely N-dealkylation sites (tertiary alicyclic amines) is 1. The Kier molecular flexibility index (Phi) is 4.26. The second kappa shape index (κ2) is 6.72. The van der Waals surface area contributed by atoms with E-state index in [-0.39, 0.29) is 17.9 Å². The van der Waals surface area contributed by atoms with Gasteiger partial charge in [-0.1, -0.05) is 18.2 Å². The Bertz CT molecular complexity index is 901. The van der Waals surface area contributed by atoms with Crippen LogP contribution in [0.4, 0.5) is 0 Å². The lowest BCUT2D eigenvalue weighted by molar-refractivity contribution is 0.0930. The number of nitrogens with zero attached hydrogens (tertiary/aromatic N) is 6. The number of carbonyl (C=O) groups excluding carboxylic acids is 1. The maximum Gasteiger partial charge on any atom is 0.273 e. The van der Waals surface area contributed by atoms with Gasteiger partial charge in [0.25, 0.3) is 5.91 Å². The number of benzene rings is 1. The zero-order valence-corrected chi connectivity index (χ0v) is 14.8. The Morgan fingerprint density at radius 1 is 1.15 bits per heavy atom. The van der Waals surface area contributed by atoms with Crippen molar-refractivity contribution in [1.82, 2.24) is 34.8 Å². The largest absolute Gasteiger partial charge is 0.346 e. The highest BCUT2D eigenvalue weighted by Crippen LogP contribution is 2.26. The number of aromatic nitrogens is 5. The van der Waals surface area contributed by atoms with Gasteiger partial charge < -0.3 is 14.8 Å². The predicted molar refractivity (Wildman–Crippen MR) is 96.1 cm³/mol. The number of para-hydroxylation sites is 1. The van der Waals surface area contributed by atoms with Crippen LogP contribution in [-0.4, -0.2) is 61.5 Å². The second-order valence-corrected chi connectivity index (χ2v) is 6.69. The zero-order chi connectivity index (χ0) is 18.1. The second-order valence-electron chi connectivity index (χ2n) is 6.69. The first-order valence-corrected chi connectivity index (χ1v) is 8.55. The molecule has 0 bridgehead atoms. The van der Waals surface area contributed by atoms with Crippen LogP contribution in [0.3, 0.4) is 0 Å². The van der Waals surface area contributed by atoms with Crippen LogP contribution in [0.15, 0.2) is 49.1 Å². The van der Waals surface area contributed by atoms with Crippen molar-refractivity contribution < 1.29 is 4.79 Å². The molecular formula is C18H21N7O. The van der Waals surface area contributed by atoms with Crippen LogP contribution in [0.1, 0.15) is 22.1 Å². The summed E-state index contributed by atoms with van der Waals surface area (Å²) in [6.07, 6.45) is 5.16. The van der Waals surface area contributed by atoms with Crippen molar-refractivity contribution in [2.75, 3.05) is 20.1 Å². The van der Waals surface area contributed by atoms with Gasteiger partial charge in [0.1, 0.15) is 0 Å². The van der Waals surface area contributed by atoms with Gasteiger partial charge in [0.2, 0.25) is 0 Å². The molecule has 4 rings (SSSR count). The maximum atomic E-state index is 12.7. The summed E-state index contributed by atoms with van der Waals surface area (Å²) in [7, 11) is 4.03. The molecule has 0 aliphatic carbocycles. The van der Waals surface area contributed by atoms with Crippen LogP contribution in [0, 0.1) is 0 Å². The van der Waals surface area contributed by atoms with Crippen LogP contribution < -0.4 is 5.32 Å². The van der Waals surface area contributed by atoms with Gasteiger partial charge in [0.15, 0.2) is 5.69 Å². The van der Waals surface area contributed by atoms with Crippen molar-refractivity contribution in [3.63, 3.8) is 0 Å². The lowest BCUT2D eigenvalue weighted by Gasteiger charge is -2.19. The molecule has 1 aromatic carbocycles. The Balaban J connectivity index is 1.51. The number of amides is 1. The van der Waals surface area contributed by atoms with Crippen LogP contribution >= 0.6 is 0 Å². The summed E-state index contributed by atoms with van der Waals surface area (Å²) in [5.74, 6) is -0.0136. The van der Waals surface area contributed by atoms with Crippen LogP contribution in [-0.2, 0) is 7.05 Å². The molecule has 1 fully saturated rings. The fraction of sp³-hybridized carbons (Fsp3) is 0.333. The summed E-state index contributed by atoms with van der Waals surface area (Å²) in [5.41, 5.74) is 2.25. The summed E-state index contributed by atoms with van der Waals surface area (Å²) >= 11 is 0. The maximum absolute atomic E-state index is 12.7. The number of aryl methyl sites for hydroxylation is 1. The standard InChI is InChI=1S/C18H21N7O/c1-23-10-14(17-9-19-12-24(17)2)16(11-23)21-18(26)15-8-20-25(22-15)13-6-4-3-5-7-13/h3-9,12,14,16H,10-11H2,1-2H3,(H,21,26)/t14-,16-/m1/s1. The van der Waals surface area contributed by atoms with Crippen molar-refractivity contribution in [3.05, 3.63) is 60.4 Å². The van der Waals surface area contributed by atoms with Gasteiger partial charge >= 0.3 is 0 Å². The molecule has 0 spiro atoms. The first kappa shape index (κ1) is 16.5. The van der Waals surface area contributed by atoms with Crippen molar-refractivity contribution in [1.29, 1.82) is 0 Å². The van der Waals surface area contributed by atoms with Crippen LogP contribution in [0.5, 0.6) is 0 Å². The molecular weight excluding hydrogens is 330 g/mol. The molecule has 2 aromatic heterocycles. The number of likely N-dealkylation sites (N-methyl/N-ethyl adjacent to an activating group) is 1. The molecule has 0 unspecified atom stereocenters. The summed E-state index contributed by atoms with van der Waals surface area (Å²) in [4.78, 5) is 20.6. The Hall–Kier alpha value is -3.00. The third kappa shape index (κ3) is 3.11. The van der Waals surface area contributed by atoms with Crippen molar-refractivity contribution in [2.45, 2.75) is 12.0 Å². The number of hydrogen-bond acceptors (Lipinski definition) is 5. The minimum absolute atomic E-state index is 0.00442. The Morgan fingerprint density at radius 3 is 2.69 bits per heavy atom. The monoisotopic (exact) mass is 351 g/mol. The molecule has 1 aliphatic heterocycles. The highest BCUT2D eigenvalue weighted by molar-refractivity contribution is 5.92. The molecule has 0 radical (unpaired) electrons. The molecule has 8 nitrogen and oxygen atoms in total. The average molecular weight is 351 g/mol. The van der Waals surface area contributed by atoms with Crippen LogP contribution in [0.2, 0.25) is 0 Å². The molecule has 1 amide bonds. The average Bonchev–Trinajstić information content (AvgIpc) is 3.36. The molecule has 1 N–H and O–H groups in total. The van der Waals surface area contributed by atoms with Crippen LogP contribution in [0.25, 0.3) is 5.69 Å². The third-order valence-electron chi connectivity index (χ3n) is 4.76. The van der Waals surface area contributed by atoms with E-state index in [9.17, 15) is 4.79 Å². The number of rotatable bonds is 4. The van der Waals surface area contributed by atoms with Crippen molar-refractivity contribution in [2.24, 2.45) is 7.05 Å². The van der Waals surface area contributed by atoms with E-state index >= 15 is 0 Å². The molecule has 3 aromatic rings. The first-order chi connectivity index (χ1) is 12.6. The molecule has 1 aliphatic rings. The summed E-state index contributed by atoms with van der Waals surface area (Å²) < 4.78 is 2.01. The summed E-state index contributed by atoms with van der Waals surface area (Å²) in [6, 6.07) is 9.54. The van der Waals surface area contributed by atoms with E-state index in [0.29, 0.717) is 5.69 Å². The molecule has 2 atom stereocenters. The summed E-state index contributed by atoms with van der Waals surface area (Å²) in [6.45, 7) is 1.66. The molecule has 3 heterocycles. The summed E-state index contributed by atoms with van der Waals surface area (Å²) in [5, 5.41) is 11.6. The number of nitrogens with one attached hydrogen (secondary N) is 1. The normalized spacial score (nSPS) is 20.4. The number of carbonyl (C=O) groups is 1. The molecule has 26 heavy (non-hydrogen) atoms. The van der Waals surface area contributed by atoms with E-state index in [1.165, 1.54) is 11.0 Å². The van der Waals surface area contributed by atoms with Gasteiger partial charge in [-0.25, -0.2) is 4.98 Å². The molecule has 1 saturated heterocycles. The quantitative estimate of drug-likeness (QED) is 0.753. The molecule has 134 valence electrons. The zero-order valence-electron chi connectivity index (χ0n) is 14.8. The Morgan fingerprint density at radius 2 is 1.96 bits per heavy atom. The van der Waals surface area contributed by atoms with Gasteiger partial charge in [0, 0.05) is 37.9 Å². The van der Waals surface area contributed by atoms with E-state index in [0.717, 1.165) is 24.5 Å². The van der Waals surface area contributed by atoms with E-state index in [2.05, 4.69) is 32.4 Å². The number of hydrogen-bond donors (Lipinski definition) is 1. The fourth-order valence-corrected chi connectivity index (χ4v) is 3.47. The third-order valence-corrected chi connectivity index (χ3v) is 4.76. The highest BCUT2D eigenvalue weighted by Gasteiger charge is 2.35. The lowest BCUT2D eigenvalue weighted by atomic mass is 10.00. The van der Waals surface area contributed by atoms with Gasteiger partial charge in [-0.3, -0.25) is 4.79 Å². The van der Waals surface area contributed by atoms with E-state index in [1.807, 2.05) is 48.1 Å². The first-order valence-electron chi connectivity index (χ1n) is 8.55. The Labute approximate surface area is 151 Å². The van der Waals surface area contributed by atoms with E-state index < -0.39 is 0 Å². The van der Waals surface area contributed by atoms with E-state index in [4.69, 9.17) is 0 Å². The minimum Gasteiger partial charge on any atom is -0.346 e. The van der Waals surface area contributed by atoms with Gasteiger partial charge in [0.05, 0.1) is 24.3 Å². The topological polar surface area (TPSA) is 80.9 Å².